The van der Waals surface area contributed by atoms with Crippen LogP contribution in [0, 0.1) is 0 Å². The van der Waals surface area contributed by atoms with Gasteiger partial charge >= 0.3 is 6.03 Å². The van der Waals surface area contributed by atoms with Crippen molar-refractivity contribution in [2.45, 2.75) is 25.5 Å². The van der Waals surface area contributed by atoms with Crippen LogP contribution in [0.3, 0.4) is 0 Å². The predicted octanol–water partition coefficient (Wildman–Crippen LogP) is 2.88. The molecule has 24 heavy (non-hydrogen) atoms. The number of nitrogens with zero attached hydrogens (tertiary/aromatic N) is 3. The highest BCUT2D eigenvalue weighted by atomic mass is 35.5. The Morgan fingerprint density at radius 1 is 1.33 bits per heavy atom. The molecule has 1 fully saturated rings. The van der Waals surface area contributed by atoms with Crippen molar-refractivity contribution in [2.75, 3.05) is 13.1 Å². The third kappa shape index (κ3) is 4.58. The van der Waals surface area contributed by atoms with Crippen molar-refractivity contribution >= 4 is 17.6 Å². The summed E-state index contributed by atoms with van der Waals surface area (Å²) in [6.07, 6.45) is 4.86. The largest absolute Gasteiger partial charge is 0.472 e. The maximum atomic E-state index is 12.3. The third-order valence-electron chi connectivity index (χ3n) is 3.86. The van der Waals surface area contributed by atoms with Crippen molar-refractivity contribution in [3.63, 3.8) is 0 Å². The van der Waals surface area contributed by atoms with E-state index >= 15 is 0 Å². The summed E-state index contributed by atoms with van der Waals surface area (Å²) in [4.78, 5) is 22.1. The van der Waals surface area contributed by atoms with Crippen LogP contribution in [0.2, 0.25) is 5.02 Å². The van der Waals surface area contributed by atoms with Gasteiger partial charge in [-0.3, -0.25) is 0 Å². The molecule has 7 heteroatoms. The fraction of sp³-hybridized carbons (Fsp3) is 0.353. The lowest BCUT2D eigenvalue weighted by Gasteiger charge is -2.32. The van der Waals surface area contributed by atoms with Gasteiger partial charge in [0.15, 0.2) is 0 Å². The maximum Gasteiger partial charge on any atom is 0.317 e. The van der Waals surface area contributed by atoms with Gasteiger partial charge in [-0.25, -0.2) is 14.8 Å². The number of urea groups is 1. The van der Waals surface area contributed by atoms with Gasteiger partial charge in [-0.05, 0) is 30.5 Å². The van der Waals surface area contributed by atoms with E-state index in [1.807, 2.05) is 24.3 Å². The molecule has 1 N–H and O–H groups in total. The van der Waals surface area contributed by atoms with Crippen LogP contribution in [0.5, 0.6) is 5.88 Å². The Morgan fingerprint density at radius 3 is 2.92 bits per heavy atom. The first-order chi connectivity index (χ1) is 11.7. The van der Waals surface area contributed by atoms with Gasteiger partial charge < -0.3 is 15.0 Å². The highest BCUT2D eigenvalue weighted by Gasteiger charge is 2.25. The van der Waals surface area contributed by atoms with Crippen molar-refractivity contribution in [2.24, 2.45) is 0 Å². The van der Waals surface area contributed by atoms with Crippen molar-refractivity contribution in [1.29, 1.82) is 0 Å². The Morgan fingerprint density at radius 2 is 2.17 bits per heavy atom. The molecule has 2 aromatic rings. The molecule has 0 aliphatic carbocycles. The van der Waals surface area contributed by atoms with Crippen LogP contribution in [0.1, 0.15) is 18.4 Å². The van der Waals surface area contributed by atoms with E-state index in [0.717, 1.165) is 24.9 Å². The molecule has 0 spiro atoms. The van der Waals surface area contributed by atoms with Gasteiger partial charge in [0.05, 0.1) is 6.54 Å². The first kappa shape index (κ1) is 16.5. The lowest BCUT2D eigenvalue weighted by Crippen LogP contribution is -2.48. The molecule has 3 rings (SSSR count). The van der Waals surface area contributed by atoms with Crippen molar-refractivity contribution in [1.82, 2.24) is 20.2 Å². The number of benzene rings is 1. The van der Waals surface area contributed by atoms with Crippen molar-refractivity contribution < 1.29 is 9.53 Å². The van der Waals surface area contributed by atoms with E-state index < -0.39 is 0 Å². The minimum absolute atomic E-state index is 0.0464. The second-order valence-electron chi connectivity index (χ2n) is 5.66. The number of ether oxygens (including phenoxy) is 1. The molecule has 1 unspecified atom stereocenters. The molecule has 0 bridgehead atoms. The number of nitrogens with one attached hydrogen (secondary N) is 1. The Labute approximate surface area is 145 Å². The van der Waals surface area contributed by atoms with Gasteiger partial charge in [-0.15, -0.1) is 0 Å². The quantitative estimate of drug-likeness (QED) is 0.924. The van der Waals surface area contributed by atoms with Crippen LogP contribution in [0.15, 0.2) is 42.9 Å². The monoisotopic (exact) mass is 346 g/mol. The molecule has 0 radical (unpaired) electrons. The molecule has 2 amide bonds. The number of aromatic nitrogens is 2. The Bertz CT molecular complexity index is 666. The number of likely N-dealkylation sites (tertiary alicyclic amines) is 1. The molecular weight excluding hydrogens is 328 g/mol. The second-order valence-corrected chi connectivity index (χ2v) is 6.10. The first-order valence-corrected chi connectivity index (χ1v) is 8.28. The van der Waals surface area contributed by atoms with E-state index in [1.165, 1.54) is 6.33 Å². The van der Waals surface area contributed by atoms with E-state index in [1.54, 1.807) is 17.2 Å². The number of piperidine rings is 1. The summed E-state index contributed by atoms with van der Waals surface area (Å²) in [5.41, 5.74) is 1.01. The molecule has 2 heterocycles. The summed E-state index contributed by atoms with van der Waals surface area (Å²) < 4.78 is 5.82. The maximum absolute atomic E-state index is 12.3. The number of carbonyl (C=O) groups is 1. The van der Waals surface area contributed by atoms with Gasteiger partial charge in [-0.1, -0.05) is 23.7 Å². The molecule has 1 saturated heterocycles. The molecule has 1 aromatic carbocycles. The third-order valence-corrected chi connectivity index (χ3v) is 4.12. The molecular formula is C17H19ClN4O2. The van der Waals surface area contributed by atoms with Crippen LogP contribution >= 0.6 is 11.6 Å². The van der Waals surface area contributed by atoms with E-state index in [-0.39, 0.29) is 12.1 Å². The average molecular weight is 347 g/mol. The number of rotatable bonds is 4. The Kier molecular flexibility index (Phi) is 5.48. The van der Waals surface area contributed by atoms with Crippen LogP contribution in [-0.4, -0.2) is 40.1 Å². The van der Waals surface area contributed by atoms with Crippen LogP contribution in [0.4, 0.5) is 4.79 Å². The minimum atomic E-state index is -0.0825. The van der Waals surface area contributed by atoms with E-state index in [9.17, 15) is 4.79 Å². The fourth-order valence-corrected chi connectivity index (χ4v) is 2.76. The topological polar surface area (TPSA) is 67.4 Å². The van der Waals surface area contributed by atoms with Crippen molar-refractivity contribution in [3.05, 3.63) is 53.4 Å². The molecule has 1 aliphatic rings. The lowest BCUT2D eigenvalue weighted by atomic mass is 10.1. The highest BCUT2D eigenvalue weighted by Crippen LogP contribution is 2.16. The molecule has 1 aliphatic heterocycles. The summed E-state index contributed by atoms with van der Waals surface area (Å²) in [6, 6.07) is 9.07. The summed E-state index contributed by atoms with van der Waals surface area (Å²) in [6.45, 7) is 1.76. The van der Waals surface area contributed by atoms with Gasteiger partial charge in [0, 0.05) is 30.4 Å². The molecule has 1 atom stereocenters. The minimum Gasteiger partial charge on any atom is -0.472 e. The number of hydrogen-bond acceptors (Lipinski definition) is 4. The van der Waals surface area contributed by atoms with Crippen LogP contribution < -0.4 is 10.1 Å². The van der Waals surface area contributed by atoms with E-state index in [2.05, 4.69) is 15.3 Å². The Hall–Kier alpha value is -2.34. The zero-order valence-corrected chi connectivity index (χ0v) is 13.9. The zero-order chi connectivity index (χ0) is 16.8. The normalized spacial score (nSPS) is 17.4. The van der Waals surface area contributed by atoms with E-state index in [4.69, 9.17) is 16.3 Å². The van der Waals surface area contributed by atoms with Crippen molar-refractivity contribution in [3.8, 4) is 5.88 Å². The standard InChI is InChI=1S/C17H19ClN4O2/c18-14-5-3-13(4-6-14)10-20-17(23)22-9-1-2-15(11-22)24-16-7-8-19-12-21-16/h3-8,12,15H,1-2,9-11H2,(H,20,23). The molecule has 126 valence electrons. The summed E-state index contributed by atoms with van der Waals surface area (Å²) in [5, 5.41) is 3.62. The van der Waals surface area contributed by atoms with Gasteiger partial charge in [0.2, 0.25) is 5.88 Å². The number of amides is 2. The first-order valence-electron chi connectivity index (χ1n) is 7.90. The predicted molar refractivity (Wildman–Crippen MR) is 90.9 cm³/mol. The van der Waals surface area contributed by atoms with E-state index in [0.29, 0.717) is 24.0 Å². The number of carbonyl (C=O) groups excluding carboxylic acids is 1. The summed E-state index contributed by atoms with van der Waals surface area (Å²) in [7, 11) is 0. The van der Waals surface area contributed by atoms with Crippen LogP contribution in [-0.2, 0) is 6.54 Å². The Balaban J connectivity index is 1.50. The molecule has 6 nitrogen and oxygen atoms in total. The highest BCUT2D eigenvalue weighted by molar-refractivity contribution is 6.30. The number of halogens is 1. The second kappa shape index (κ2) is 7.97. The molecule has 0 saturated carbocycles. The van der Waals surface area contributed by atoms with Gasteiger partial charge in [0.25, 0.3) is 0 Å². The number of hydrogen-bond donors (Lipinski definition) is 1. The van der Waals surface area contributed by atoms with Gasteiger partial charge in [0.1, 0.15) is 12.4 Å². The summed E-state index contributed by atoms with van der Waals surface area (Å²) in [5.74, 6) is 0.540. The smallest absolute Gasteiger partial charge is 0.317 e. The lowest BCUT2D eigenvalue weighted by molar-refractivity contribution is 0.0976. The summed E-state index contributed by atoms with van der Waals surface area (Å²) >= 11 is 5.86. The molecule has 1 aromatic heterocycles. The van der Waals surface area contributed by atoms with Crippen LogP contribution in [0.25, 0.3) is 0 Å². The zero-order valence-electron chi connectivity index (χ0n) is 13.2. The van der Waals surface area contributed by atoms with Gasteiger partial charge in [-0.2, -0.15) is 0 Å². The average Bonchev–Trinajstić information content (AvgIpc) is 2.62. The SMILES string of the molecule is O=C(NCc1ccc(Cl)cc1)N1CCCC(Oc2ccncn2)C1. The fourth-order valence-electron chi connectivity index (χ4n) is 2.63.